The molecule has 5 heteroatoms. The fraction of sp³-hybridized carbons (Fsp3) is 1.00. The molecular weight excluding hydrogens is 330 g/mol. The summed E-state index contributed by atoms with van der Waals surface area (Å²) in [7, 11) is -2.77. The zero-order valence-corrected chi connectivity index (χ0v) is 20.1. The second-order valence-electron chi connectivity index (χ2n) is 8.34. The van der Waals surface area contributed by atoms with Gasteiger partial charge in [-0.15, -0.1) is 0 Å². The van der Waals surface area contributed by atoms with E-state index in [1.807, 2.05) is 0 Å². The predicted octanol–water partition coefficient (Wildman–Crippen LogP) is 5.56. The van der Waals surface area contributed by atoms with Crippen molar-refractivity contribution >= 4 is 17.5 Å². The van der Waals surface area contributed by atoms with Gasteiger partial charge in [0.05, 0.1) is 0 Å². The van der Waals surface area contributed by atoms with Gasteiger partial charge >= 0.3 is 9.28 Å². The lowest BCUT2D eigenvalue weighted by atomic mass is 10.2. The van der Waals surface area contributed by atoms with Gasteiger partial charge in [0, 0.05) is 13.2 Å². The van der Waals surface area contributed by atoms with E-state index in [-0.39, 0.29) is 0 Å². The van der Waals surface area contributed by atoms with Crippen molar-refractivity contribution < 1.29 is 8.85 Å². The summed E-state index contributed by atoms with van der Waals surface area (Å²) in [5, 5.41) is 0.433. The third kappa shape index (κ3) is 9.13. The molecule has 0 aliphatic carbocycles. The molecule has 0 atom stereocenters. The summed E-state index contributed by atoms with van der Waals surface area (Å²) < 4.78 is 14.4. The molecule has 0 saturated carbocycles. The highest BCUT2D eigenvalue weighted by Crippen LogP contribution is 2.38. The highest BCUT2D eigenvalue weighted by atomic mass is 28.3. The Bertz CT molecular complexity index is 300. The van der Waals surface area contributed by atoms with Crippen molar-refractivity contribution in [2.75, 3.05) is 26.3 Å². The quantitative estimate of drug-likeness (QED) is 0.293. The average Bonchev–Trinajstić information content (AvgIpc) is 2.48. The van der Waals surface area contributed by atoms with Crippen LogP contribution in [0.5, 0.6) is 0 Å². The number of rotatable bonds is 14. The lowest BCUT2D eigenvalue weighted by Gasteiger charge is -2.46. The van der Waals surface area contributed by atoms with E-state index in [1.54, 1.807) is 0 Å². The van der Waals surface area contributed by atoms with Gasteiger partial charge in [-0.25, -0.2) is 0 Å². The standard InChI is InChI=1S/C19H45NO2Si2/c1-9-12-16-20(24(7,8)19(4,5)6)17-14-13-15-18-23(21-10-2)22-11-3/h23H,9-18H2,1-8H3. The SMILES string of the molecule is CCCCN(CCCCC[SiH](OCC)OCC)[Si](C)(C)C(C)(C)C. The number of hydrogen-bond acceptors (Lipinski definition) is 3. The molecule has 0 rings (SSSR count). The molecule has 0 aromatic carbocycles. The van der Waals surface area contributed by atoms with Crippen molar-refractivity contribution in [3.05, 3.63) is 0 Å². The van der Waals surface area contributed by atoms with Gasteiger partial charge in [-0.1, -0.05) is 60.1 Å². The van der Waals surface area contributed by atoms with Crippen LogP contribution in [0, 0.1) is 0 Å². The fourth-order valence-electron chi connectivity index (χ4n) is 2.87. The highest BCUT2D eigenvalue weighted by Gasteiger charge is 2.40. The van der Waals surface area contributed by atoms with E-state index in [0.717, 1.165) is 19.3 Å². The summed E-state index contributed by atoms with van der Waals surface area (Å²) in [5.41, 5.74) is 0. The third-order valence-electron chi connectivity index (χ3n) is 5.48. The Balaban J connectivity index is 4.33. The van der Waals surface area contributed by atoms with Crippen LogP contribution in [0.4, 0.5) is 0 Å². The first-order chi connectivity index (χ1) is 11.2. The zero-order valence-electron chi connectivity index (χ0n) is 17.9. The smallest absolute Gasteiger partial charge is 0.321 e. The molecule has 0 aliphatic rings. The lowest BCUT2D eigenvalue weighted by Crippen LogP contribution is -2.55. The van der Waals surface area contributed by atoms with Gasteiger partial charge in [-0.3, -0.25) is 0 Å². The maximum Gasteiger partial charge on any atom is 0.321 e. The van der Waals surface area contributed by atoms with Gasteiger partial charge in [0.25, 0.3) is 0 Å². The van der Waals surface area contributed by atoms with Gasteiger partial charge in [0.1, 0.15) is 8.24 Å². The molecule has 0 aliphatic heterocycles. The van der Waals surface area contributed by atoms with Crippen molar-refractivity contribution in [1.29, 1.82) is 0 Å². The van der Waals surface area contributed by atoms with Crippen LogP contribution in [0.1, 0.15) is 73.6 Å². The Labute approximate surface area is 155 Å². The Hall–Kier alpha value is 0.314. The minimum Gasteiger partial charge on any atom is -0.397 e. The van der Waals surface area contributed by atoms with Crippen LogP contribution in [0.25, 0.3) is 0 Å². The molecule has 0 bridgehead atoms. The van der Waals surface area contributed by atoms with Crippen molar-refractivity contribution in [2.45, 2.75) is 97.8 Å². The molecule has 0 fully saturated rings. The normalized spacial score (nSPS) is 13.2. The van der Waals surface area contributed by atoms with Crippen molar-refractivity contribution in [3.63, 3.8) is 0 Å². The van der Waals surface area contributed by atoms with Gasteiger partial charge in [-0.2, -0.15) is 0 Å². The van der Waals surface area contributed by atoms with Crippen LogP contribution in [-0.2, 0) is 8.85 Å². The van der Waals surface area contributed by atoms with Crippen LogP contribution < -0.4 is 0 Å². The third-order valence-corrected chi connectivity index (χ3v) is 13.5. The summed E-state index contributed by atoms with van der Waals surface area (Å²) in [6.07, 6.45) is 6.50. The summed E-state index contributed by atoms with van der Waals surface area (Å²) in [6.45, 7) is 23.0. The van der Waals surface area contributed by atoms with E-state index in [9.17, 15) is 0 Å². The van der Waals surface area contributed by atoms with E-state index >= 15 is 0 Å². The summed E-state index contributed by atoms with van der Waals surface area (Å²) in [5.74, 6) is 0. The van der Waals surface area contributed by atoms with Crippen molar-refractivity contribution in [1.82, 2.24) is 4.57 Å². The molecule has 0 aromatic heterocycles. The van der Waals surface area contributed by atoms with E-state index in [0.29, 0.717) is 5.04 Å². The van der Waals surface area contributed by atoms with E-state index < -0.39 is 17.5 Å². The van der Waals surface area contributed by atoms with Crippen molar-refractivity contribution in [2.24, 2.45) is 0 Å². The summed E-state index contributed by atoms with van der Waals surface area (Å²) in [6, 6.07) is 1.16. The summed E-state index contributed by atoms with van der Waals surface area (Å²) >= 11 is 0. The Morgan fingerprint density at radius 1 is 0.833 bits per heavy atom. The number of hydrogen-bond donors (Lipinski definition) is 0. The topological polar surface area (TPSA) is 21.7 Å². The van der Waals surface area contributed by atoms with Gasteiger partial charge in [0.2, 0.25) is 0 Å². The first kappa shape index (κ1) is 24.3. The minimum absolute atomic E-state index is 0.433. The first-order valence-electron chi connectivity index (χ1n) is 10.2. The second kappa shape index (κ2) is 12.6. The molecule has 0 spiro atoms. The zero-order chi connectivity index (χ0) is 18.6. The van der Waals surface area contributed by atoms with Gasteiger partial charge in [-0.05, 0) is 50.9 Å². The maximum absolute atomic E-state index is 5.78. The van der Waals surface area contributed by atoms with E-state index in [1.165, 1.54) is 45.2 Å². The predicted molar refractivity (Wildman–Crippen MR) is 113 cm³/mol. The molecule has 0 unspecified atom stereocenters. The average molecular weight is 376 g/mol. The molecule has 0 aromatic rings. The Morgan fingerprint density at radius 3 is 1.83 bits per heavy atom. The first-order valence-corrected chi connectivity index (χ1v) is 14.9. The molecule has 0 heterocycles. The van der Waals surface area contributed by atoms with Gasteiger partial charge < -0.3 is 13.4 Å². The Kier molecular flexibility index (Phi) is 12.8. The van der Waals surface area contributed by atoms with Crippen LogP contribution >= 0.6 is 0 Å². The highest BCUT2D eigenvalue weighted by molar-refractivity contribution is 6.77. The molecule has 24 heavy (non-hydrogen) atoms. The lowest BCUT2D eigenvalue weighted by molar-refractivity contribution is 0.212. The van der Waals surface area contributed by atoms with E-state index in [2.05, 4.69) is 59.2 Å². The van der Waals surface area contributed by atoms with Crippen LogP contribution in [0.2, 0.25) is 24.2 Å². The van der Waals surface area contributed by atoms with Crippen molar-refractivity contribution in [3.8, 4) is 0 Å². The number of unbranched alkanes of at least 4 members (excludes halogenated alkanes) is 3. The minimum atomic E-state index is -1.39. The van der Waals surface area contributed by atoms with E-state index in [4.69, 9.17) is 8.85 Å². The monoisotopic (exact) mass is 375 g/mol. The molecule has 0 saturated heterocycles. The molecule has 0 amide bonds. The molecule has 0 N–H and O–H groups in total. The molecule has 3 nitrogen and oxygen atoms in total. The largest absolute Gasteiger partial charge is 0.397 e. The molecule has 0 radical (unpaired) electrons. The van der Waals surface area contributed by atoms with Crippen LogP contribution in [0.15, 0.2) is 0 Å². The van der Waals surface area contributed by atoms with Crippen LogP contribution in [-0.4, -0.2) is 48.4 Å². The number of nitrogens with zero attached hydrogens (tertiary/aromatic N) is 1. The Morgan fingerprint density at radius 2 is 1.38 bits per heavy atom. The molecule has 146 valence electrons. The molecular formula is C19H45NO2Si2. The van der Waals surface area contributed by atoms with Crippen LogP contribution in [0.3, 0.4) is 0 Å². The fourth-order valence-corrected chi connectivity index (χ4v) is 7.05. The maximum atomic E-state index is 5.78. The van der Waals surface area contributed by atoms with Gasteiger partial charge in [0.15, 0.2) is 0 Å². The second-order valence-corrected chi connectivity index (χ2v) is 15.7. The summed E-state index contributed by atoms with van der Waals surface area (Å²) in [4.78, 5) is 0.